The van der Waals surface area contributed by atoms with Crippen molar-refractivity contribution in [1.29, 1.82) is 0 Å². The van der Waals surface area contributed by atoms with Crippen molar-refractivity contribution in [3.05, 3.63) is 84.4 Å². The van der Waals surface area contributed by atoms with E-state index < -0.39 is 11.3 Å². The van der Waals surface area contributed by atoms with Crippen LogP contribution < -0.4 is 9.47 Å². The minimum absolute atomic E-state index is 0.0928. The van der Waals surface area contributed by atoms with Crippen molar-refractivity contribution in [2.24, 2.45) is 0 Å². The highest BCUT2D eigenvalue weighted by Gasteiger charge is 2.28. The molecular formula is C39H53ClO3. The molecule has 0 radical (unpaired) electrons. The number of halogens is 1. The Hall–Kier alpha value is -2.78. The quantitative estimate of drug-likeness (QED) is 0.0495. The first-order chi connectivity index (χ1) is 21.1. The third-order valence-electron chi connectivity index (χ3n) is 8.27. The number of unbranched alkanes of at least 4 members (excludes halogenated alkanes) is 13. The standard InChI is InChI=1S/C39H53ClO3/c1-3-5-6-7-8-9-10-11-12-13-14-15-16-20-31-42-35-27-23-32(24-28-35)33-25-29-36(30-26-33)43-39(41)38(40)37(4-2)34-21-18-17-19-22-34/h17-19,21-30,37-38H,3-16,20,31H2,1-2H3. The molecule has 4 heteroatoms. The molecule has 3 aromatic carbocycles. The Bertz CT molecular complexity index is 1130. The summed E-state index contributed by atoms with van der Waals surface area (Å²) in [6.45, 7) is 5.08. The van der Waals surface area contributed by atoms with Crippen LogP contribution in [-0.2, 0) is 4.79 Å². The van der Waals surface area contributed by atoms with Gasteiger partial charge in [-0.05, 0) is 53.8 Å². The average molecular weight is 605 g/mol. The second-order valence-corrected chi connectivity index (χ2v) is 12.2. The van der Waals surface area contributed by atoms with Crippen molar-refractivity contribution in [3.63, 3.8) is 0 Å². The first kappa shape index (κ1) is 34.7. The summed E-state index contributed by atoms with van der Waals surface area (Å²) in [5.41, 5.74) is 3.19. The number of rotatable bonds is 22. The molecule has 0 saturated heterocycles. The highest BCUT2D eigenvalue weighted by atomic mass is 35.5. The van der Waals surface area contributed by atoms with Gasteiger partial charge in [-0.1, -0.05) is 152 Å². The van der Waals surface area contributed by atoms with Gasteiger partial charge in [0.2, 0.25) is 0 Å². The van der Waals surface area contributed by atoms with Crippen LogP contribution in [0.3, 0.4) is 0 Å². The summed E-state index contributed by atoms with van der Waals surface area (Å²) in [6.07, 6.45) is 19.8. The van der Waals surface area contributed by atoms with E-state index in [1.165, 1.54) is 83.5 Å². The van der Waals surface area contributed by atoms with Gasteiger partial charge in [0.05, 0.1) is 6.61 Å². The lowest BCUT2D eigenvalue weighted by atomic mass is 9.93. The molecule has 0 bridgehead atoms. The summed E-state index contributed by atoms with van der Waals surface area (Å²) in [7, 11) is 0. The largest absolute Gasteiger partial charge is 0.494 e. The predicted octanol–water partition coefficient (Wildman–Crippen LogP) is 11.9. The van der Waals surface area contributed by atoms with Gasteiger partial charge in [-0.25, -0.2) is 0 Å². The SMILES string of the molecule is CCCCCCCCCCCCCCCCOc1ccc(-c2ccc(OC(=O)C(Cl)C(CC)c3ccccc3)cc2)cc1. The van der Waals surface area contributed by atoms with E-state index in [2.05, 4.69) is 19.1 Å². The molecule has 43 heavy (non-hydrogen) atoms. The smallest absolute Gasteiger partial charge is 0.330 e. The maximum atomic E-state index is 12.8. The van der Waals surface area contributed by atoms with Crippen LogP contribution in [0.1, 0.15) is 122 Å². The number of alkyl halides is 1. The van der Waals surface area contributed by atoms with Crippen LogP contribution in [0.15, 0.2) is 78.9 Å². The summed E-state index contributed by atoms with van der Waals surface area (Å²) in [5, 5.41) is -0.746. The van der Waals surface area contributed by atoms with Gasteiger partial charge in [-0.3, -0.25) is 4.79 Å². The van der Waals surface area contributed by atoms with Gasteiger partial charge in [0, 0.05) is 5.92 Å². The third-order valence-corrected chi connectivity index (χ3v) is 8.76. The fourth-order valence-electron chi connectivity index (χ4n) is 5.59. The highest BCUT2D eigenvalue weighted by Crippen LogP contribution is 2.30. The molecule has 3 rings (SSSR count). The monoisotopic (exact) mass is 604 g/mol. The Morgan fingerprint density at radius 1 is 0.605 bits per heavy atom. The Morgan fingerprint density at radius 2 is 1.07 bits per heavy atom. The lowest BCUT2D eigenvalue weighted by molar-refractivity contribution is -0.134. The summed E-state index contributed by atoms with van der Waals surface area (Å²) in [6, 6.07) is 25.7. The first-order valence-electron chi connectivity index (χ1n) is 16.9. The molecule has 0 amide bonds. The van der Waals surface area contributed by atoms with Crippen LogP contribution in [0.25, 0.3) is 11.1 Å². The Morgan fingerprint density at radius 3 is 1.56 bits per heavy atom. The van der Waals surface area contributed by atoms with E-state index in [0.717, 1.165) is 41.9 Å². The van der Waals surface area contributed by atoms with E-state index in [-0.39, 0.29) is 5.92 Å². The van der Waals surface area contributed by atoms with Gasteiger partial charge in [0.15, 0.2) is 0 Å². The zero-order chi connectivity index (χ0) is 30.5. The summed E-state index contributed by atoms with van der Waals surface area (Å²) >= 11 is 6.54. The molecular weight excluding hydrogens is 552 g/mol. The molecule has 0 fully saturated rings. The van der Waals surface area contributed by atoms with Gasteiger partial charge in [0.25, 0.3) is 0 Å². The predicted molar refractivity (Wildman–Crippen MR) is 182 cm³/mol. The molecule has 0 N–H and O–H groups in total. The van der Waals surface area contributed by atoms with E-state index in [9.17, 15) is 4.79 Å². The van der Waals surface area contributed by atoms with Crippen LogP contribution in [0, 0.1) is 0 Å². The van der Waals surface area contributed by atoms with E-state index in [1.54, 1.807) is 0 Å². The topological polar surface area (TPSA) is 35.5 Å². The van der Waals surface area contributed by atoms with E-state index in [4.69, 9.17) is 21.1 Å². The normalized spacial score (nSPS) is 12.5. The van der Waals surface area contributed by atoms with Crippen molar-refractivity contribution in [2.75, 3.05) is 6.61 Å². The number of hydrogen-bond donors (Lipinski definition) is 0. The van der Waals surface area contributed by atoms with Crippen molar-refractivity contribution < 1.29 is 14.3 Å². The fourth-order valence-corrected chi connectivity index (χ4v) is 5.96. The molecule has 0 spiro atoms. The van der Waals surface area contributed by atoms with E-state index in [1.807, 2.05) is 73.7 Å². The maximum Gasteiger partial charge on any atom is 0.330 e. The zero-order valence-electron chi connectivity index (χ0n) is 26.6. The van der Waals surface area contributed by atoms with Gasteiger partial charge in [0.1, 0.15) is 16.9 Å². The number of esters is 1. The summed E-state index contributed by atoms with van der Waals surface area (Å²) in [5.74, 6) is 0.881. The van der Waals surface area contributed by atoms with Gasteiger partial charge < -0.3 is 9.47 Å². The maximum absolute atomic E-state index is 12.8. The molecule has 0 aliphatic carbocycles. The van der Waals surface area contributed by atoms with Crippen molar-refractivity contribution in [2.45, 2.75) is 121 Å². The second kappa shape index (κ2) is 21.0. The number of carbonyl (C=O) groups is 1. The molecule has 2 atom stereocenters. The third kappa shape index (κ3) is 13.2. The lowest BCUT2D eigenvalue weighted by Gasteiger charge is -2.20. The van der Waals surface area contributed by atoms with Gasteiger partial charge >= 0.3 is 5.97 Å². The van der Waals surface area contributed by atoms with Crippen molar-refractivity contribution >= 4 is 17.6 Å². The number of benzene rings is 3. The lowest BCUT2D eigenvalue weighted by Crippen LogP contribution is -2.27. The highest BCUT2D eigenvalue weighted by molar-refractivity contribution is 6.30. The Balaban J connectivity index is 1.28. The van der Waals surface area contributed by atoms with Crippen LogP contribution in [0.2, 0.25) is 0 Å². The number of ether oxygens (including phenoxy) is 2. The molecule has 0 aromatic heterocycles. The minimum atomic E-state index is -0.746. The van der Waals surface area contributed by atoms with E-state index >= 15 is 0 Å². The molecule has 3 nitrogen and oxygen atoms in total. The van der Waals surface area contributed by atoms with E-state index in [0.29, 0.717) is 5.75 Å². The summed E-state index contributed by atoms with van der Waals surface area (Å²) in [4.78, 5) is 12.8. The van der Waals surface area contributed by atoms with Crippen molar-refractivity contribution in [1.82, 2.24) is 0 Å². The second-order valence-electron chi connectivity index (χ2n) is 11.7. The molecule has 0 aliphatic rings. The molecule has 0 saturated carbocycles. The fraction of sp³-hybridized carbons (Fsp3) is 0.513. The molecule has 2 unspecified atom stereocenters. The summed E-state index contributed by atoms with van der Waals surface area (Å²) < 4.78 is 11.6. The Labute approximate surface area is 266 Å². The molecule has 234 valence electrons. The molecule has 0 aliphatic heterocycles. The molecule has 3 aromatic rings. The number of carbonyl (C=O) groups excluding carboxylic acids is 1. The number of hydrogen-bond acceptors (Lipinski definition) is 3. The van der Waals surface area contributed by atoms with Gasteiger partial charge in [-0.15, -0.1) is 11.6 Å². The average Bonchev–Trinajstić information content (AvgIpc) is 3.04. The zero-order valence-corrected chi connectivity index (χ0v) is 27.3. The molecule has 0 heterocycles. The van der Waals surface area contributed by atoms with Crippen molar-refractivity contribution in [3.8, 4) is 22.6 Å². The Kier molecular flexibility index (Phi) is 17.0. The van der Waals surface area contributed by atoms with Crippen LogP contribution in [0.5, 0.6) is 11.5 Å². The van der Waals surface area contributed by atoms with Crippen LogP contribution in [0.4, 0.5) is 0 Å². The van der Waals surface area contributed by atoms with Gasteiger partial charge in [-0.2, -0.15) is 0 Å². The van der Waals surface area contributed by atoms with Crippen LogP contribution in [-0.4, -0.2) is 18.0 Å². The first-order valence-corrected chi connectivity index (χ1v) is 17.3. The minimum Gasteiger partial charge on any atom is -0.494 e. The van der Waals surface area contributed by atoms with Crippen LogP contribution >= 0.6 is 11.6 Å².